The molecule has 1 aromatic carbocycles. The second-order valence-electron chi connectivity index (χ2n) is 12.7. The van der Waals surface area contributed by atoms with Crippen LogP contribution in [0.4, 0.5) is 5.95 Å². The zero-order valence-electron chi connectivity index (χ0n) is 24.2. The quantitative estimate of drug-likeness (QED) is 0.286. The number of esters is 1. The SMILES string of the molecule is C=C[C@]1(C)C[C@@H](OC(=O)CSc2nc(N)n(C(=O)c3ccccc3)n2)[C@]2(C)[C@H](C)CC[C@]3(CCC(=O)[C@H]32)[C@@H](C)[C@@H]1O. The summed E-state index contributed by atoms with van der Waals surface area (Å²) in [4.78, 5) is 43.9. The van der Waals surface area contributed by atoms with Crippen molar-refractivity contribution in [1.29, 1.82) is 0 Å². The van der Waals surface area contributed by atoms with Crippen LogP contribution in [0.15, 0.2) is 48.1 Å². The van der Waals surface area contributed by atoms with Crippen LogP contribution in [0, 0.1) is 34.0 Å². The molecule has 3 N–H and O–H groups in total. The molecule has 2 aromatic rings. The number of benzene rings is 1. The maximum Gasteiger partial charge on any atom is 0.316 e. The van der Waals surface area contributed by atoms with E-state index >= 15 is 0 Å². The fourth-order valence-electron chi connectivity index (χ4n) is 8.04. The first kappa shape index (κ1) is 29.5. The van der Waals surface area contributed by atoms with Gasteiger partial charge in [0.1, 0.15) is 11.9 Å². The number of carbonyl (C=O) groups excluding carboxylic acids is 3. The van der Waals surface area contributed by atoms with Gasteiger partial charge in [-0.15, -0.1) is 11.7 Å². The molecule has 3 saturated carbocycles. The van der Waals surface area contributed by atoms with Gasteiger partial charge >= 0.3 is 5.97 Å². The number of Topliss-reactive ketones (excluding diaryl/α,β-unsaturated/α-hetero) is 1. The molecule has 0 aliphatic heterocycles. The Bertz CT molecular complexity index is 1360. The maximum atomic E-state index is 13.5. The van der Waals surface area contributed by atoms with Gasteiger partial charge in [-0.2, -0.15) is 9.67 Å². The molecule has 41 heavy (non-hydrogen) atoms. The molecule has 3 aliphatic rings. The highest BCUT2D eigenvalue weighted by Gasteiger charge is 2.68. The zero-order valence-corrected chi connectivity index (χ0v) is 25.0. The van der Waals surface area contributed by atoms with Crippen molar-refractivity contribution in [3.8, 4) is 0 Å². The van der Waals surface area contributed by atoms with E-state index < -0.39 is 34.9 Å². The van der Waals surface area contributed by atoms with Crippen molar-refractivity contribution in [1.82, 2.24) is 14.8 Å². The van der Waals surface area contributed by atoms with Crippen molar-refractivity contribution in [3.05, 3.63) is 48.6 Å². The molecule has 10 heteroatoms. The first-order valence-corrected chi connectivity index (χ1v) is 15.3. The Morgan fingerprint density at radius 1 is 1.24 bits per heavy atom. The van der Waals surface area contributed by atoms with E-state index in [0.29, 0.717) is 18.4 Å². The average Bonchev–Trinajstić information content (AvgIpc) is 3.52. The summed E-state index contributed by atoms with van der Waals surface area (Å²) in [6.45, 7) is 12.4. The molecule has 1 aromatic heterocycles. The molecular weight excluding hydrogens is 540 g/mol. The van der Waals surface area contributed by atoms with Crippen LogP contribution in [0.1, 0.15) is 70.2 Å². The summed E-state index contributed by atoms with van der Waals surface area (Å²) >= 11 is 1.04. The summed E-state index contributed by atoms with van der Waals surface area (Å²) in [7, 11) is 0. The number of hydrogen-bond donors (Lipinski definition) is 2. The summed E-state index contributed by atoms with van der Waals surface area (Å²) in [6, 6.07) is 8.62. The molecule has 0 spiro atoms. The Morgan fingerprint density at radius 3 is 2.63 bits per heavy atom. The molecular formula is C31H40N4O5S. The zero-order chi connectivity index (χ0) is 29.7. The Labute approximate surface area is 245 Å². The smallest absolute Gasteiger partial charge is 0.316 e. The van der Waals surface area contributed by atoms with Crippen LogP contribution in [0.3, 0.4) is 0 Å². The van der Waals surface area contributed by atoms with Crippen LogP contribution in [0.5, 0.6) is 0 Å². The average molecular weight is 581 g/mol. The normalized spacial score (nSPS) is 36.6. The number of thioether (sulfide) groups is 1. The largest absolute Gasteiger partial charge is 0.461 e. The van der Waals surface area contributed by atoms with E-state index in [1.165, 1.54) is 0 Å². The van der Waals surface area contributed by atoms with Gasteiger partial charge in [0.25, 0.3) is 5.91 Å². The molecule has 8 atom stereocenters. The monoisotopic (exact) mass is 580 g/mol. The number of aromatic nitrogens is 3. The third kappa shape index (κ3) is 4.73. The predicted octanol–water partition coefficient (Wildman–Crippen LogP) is 4.55. The minimum Gasteiger partial charge on any atom is -0.461 e. The number of hydrogen-bond acceptors (Lipinski definition) is 9. The van der Waals surface area contributed by atoms with Gasteiger partial charge < -0.3 is 15.6 Å². The van der Waals surface area contributed by atoms with E-state index in [1.54, 1.807) is 36.4 Å². The number of aliphatic hydroxyl groups excluding tert-OH is 1. The molecule has 9 nitrogen and oxygen atoms in total. The van der Waals surface area contributed by atoms with Crippen LogP contribution in [-0.4, -0.2) is 55.5 Å². The first-order valence-electron chi connectivity index (χ1n) is 14.4. The van der Waals surface area contributed by atoms with Crippen molar-refractivity contribution in [2.75, 3.05) is 11.5 Å². The van der Waals surface area contributed by atoms with Gasteiger partial charge in [-0.05, 0) is 55.1 Å². The Kier molecular flexibility index (Phi) is 7.70. The van der Waals surface area contributed by atoms with Gasteiger partial charge in [0.05, 0.1) is 11.9 Å². The van der Waals surface area contributed by atoms with E-state index in [9.17, 15) is 19.5 Å². The molecule has 3 fully saturated rings. The minimum atomic E-state index is -0.722. The van der Waals surface area contributed by atoms with E-state index in [4.69, 9.17) is 10.5 Å². The molecule has 0 unspecified atom stereocenters. The van der Waals surface area contributed by atoms with Crippen molar-refractivity contribution < 1.29 is 24.2 Å². The topological polar surface area (TPSA) is 137 Å². The fraction of sp³-hybridized carbons (Fsp3) is 0.581. The van der Waals surface area contributed by atoms with Gasteiger partial charge in [0, 0.05) is 28.7 Å². The lowest BCUT2D eigenvalue weighted by Gasteiger charge is -2.61. The second kappa shape index (κ2) is 10.7. The van der Waals surface area contributed by atoms with Crippen molar-refractivity contribution in [2.45, 2.75) is 77.2 Å². The number of rotatable bonds is 6. The fourth-order valence-corrected chi connectivity index (χ4v) is 8.65. The lowest BCUT2D eigenvalue weighted by molar-refractivity contribution is -0.205. The van der Waals surface area contributed by atoms with Crippen molar-refractivity contribution in [2.24, 2.45) is 34.0 Å². The van der Waals surface area contributed by atoms with Crippen molar-refractivity contribution in [3.63, 3.8) is 0 Å². The Hall–Kier alpha value is -2.98. The highest BCUT2D eigenvalue weighted by atomic mass is 32.2. The molecule has 0 saturated heterocycles. The molecule has 2 bridgehead atoms. The Morgan fingerprint density at radius 2 is 1.95 bits per heavy atom. The van der Waals surface area contributed by atoms with Crippen LogP contribution >= 0.6 is 11.8 Å². The first-order chi connectivity index (χ1) is 19.4. The highest BCUT2D eigenvalue weighted by Crippen LogP contribution is 2.68. The number of nitrogen functional groups attached to an aromatic ring is 1. The highest BCUT2D eigenvalue weighted by molar-refractivity contribution is 7.99. The van der Waals surface area contributed by atoms with Crippen molar-refractivity contribution >= 4 is 35.4 Å². The third-order valence-electron chi connectivity index (χ3n) is 10.7. The molecule has 5 rings (SSSR count). The lowest BCUT2D eigenvalue weighted by Crippen LogP contribution is -2.63. The number of ether oxygens (including phenoxy) is 1. The third-order valence-corrected chi connectivity index (χ3v) is 11.5. The Balaban J connectivity index is 1.39. The number of nitrogens with two attached hydrogens (primary N) is 1. The molecule has 0 amide bonds. The predicted molar refractivity (Wildman–Crippen MR) is 156 cm³/mol. The lowest BCUT2D eigenvalue weighted by atomic mass is 9.44. The number of nitrogens with zero attached hydrogens (tertiary/aromatic N) is 3. The molecule has 220 valence electrons. The number of aliphatic hydroxyl groups is 1. The summed E-state index contributed by atoms with van der Waals surface area (Å²) in [6.07, 6.45) is 3.84. The van der Waals surface area contributed by atoms with Crippen LogP contribution < -0.4 is 5.73 Å². The van der Waals surface area contributed by atoms with E-state index in [-0.39, 0.29) is 45.8 Å². The van der Waals surface area contributed by atoms with Gasteiger partial charge in [-0.25, -0.2) is 0 Å². The molecule has 0 radical (unpaired) electrons. The van der Waals surface area contributed by atoms with Gasteiger partial charge in [0.15, 0.2) is 0 Å². The van der Waals surface area contributed by atoms with Crippen LogP contribution in [-0.2, 0) is 14.3 Å². The summed E-state index contributed by atoms with van der Waals surface area (Å²) < 4.78 is 7.28. The van der Waals surface area contributed by atoms with Gasteiger partial charge in [0.2, 0.25) is 11.1 Å². The van der Waals surface area contributed by atoms with E-state index in [0.717, 1.165) is 35.7 Å². The summed E-state index contributed by atoms with van der Waals surface area (Å²) in [5, 5.41) is 16.1. The van der Waals surface area contributed by atoms with E-state index in [2.05, 4.69) is 37.4 Å². The minimum absolute atomic E-state index is 0.0702. The van der Waals surface area contributed by atoms with Gasteiger partial charge in [-0.1, -0.05) is 63.7 Å². The van der Waals surface area contributed by atoms with Crippen LogP contribution in [0.2, 0.25) is 0 Å². The number of carbonyl (C=O) groups is 3. The second-order valence-corrected chi connectivity index (χ2v) is 13.6. The van der Waals surface area contributed by atoms with Crippen LogP contribution in [0.25, 0.3) is 0 Å². The summed E-state index contributed by atoms with van der Waals surface area (Å²) in [5.41, 5.74) is 4.76. The molecule has 1 heterocycles. The number of ketones is 1. The number of anilines is 1. The summed E-state index contributed by atoms with van der Waals surface area (Å²) in [5.74, 6) is -1.09. The van der Waals surface area contributed by atoms with Gasteiger partial charge in [-0.3, -0.25) is 14.4 Å². The standard InChI is InChI=1S/C31H40N4O5S/c1-6-29(4)16-22(30(5)18(2)12-14-31(19(3)25(29)38)15-13-21(36)24(30)31)40-23(37)17-41-28-33-27(32)35(34-28)26(39)20-10-8-7-9-11-20/h6-11,18-19,22,24-25,38H,1,12-17H2,2-5H3,(H2,32,33,34)/t18-,19+,22-,24+,25+,29-,30+,31+/m1/s1. The van der Waals surface area contributed by atoms with E-state index in [1.807, 2.05) is 6.92 Å². The molecule has 3 aliphatic carbocycles. The maximum absolute atomic E-state index is 13.5.